The summed E-state index contributed by atoms with van der Waals surface area (Å²) in [4.78, 5) is 23.1. The number of rotatable bonds is 7. The Balaban J connectivity index is 2.76. The second kappa shape index (κ2) is 6.76. The van der Waals surface area contributed by atoms with Gasteiger partial charge in [0.2, 0.25) is 0 Å². The molecule has 1 atom stereocenters. The van der Waals surface area contributed by atoms with Gasteiger partial charge < -0.3 is 15.6 Å². The van der Waals surface area contributed by atoms with Gasteiger partial charge in [0.05, 0.1) is 16.9 Å². The average molecular weight is 300 g/mol. The molecule has 1 aromatic carbocycles. The Morgan fingerprint density at radius 2 is 2.25 bits per heavy atom. The number of thioether (sulfide) groups is 1. The first-order chi connectivity index (χ1) is 10.4. The van der Waals surface area contributed by atoms with Crippen LogP contribution in [0.2, 0.25) is 0 Å². The summed E-state index contributed by atoms with van der Waals surface area (Å²) >= 11 is 1.13. The van der Waals surface area contributed by atoms with Crippen molar-refractivity contribution in [2.75, 3.05) is 12.8 Å². The molecule has 5 nitrogen and oxygen atoms in total. The monoisotopic (exact) mass is 300 g/mol. The fraction of sp³-hybridized carbons (Fsp3) is 0.429. The second-order valence-electron chi connectivity index (χ2n) is 4.76. The molecule has 1 aromatic rings. The van der Waals surface area contributed by atoms with Crippen LogP contribution in [-0.2, 0) is 4.79 Å². The molecule has 110 valence electrons. The number of carboxylic acids is 1. The van der Waals surface area contributed by atoms with Gasteiger partial charge in [0.1, 0.15) is 11.8 Å². The van der Waals surface area contributed by atoms with E-state index in [1.165, 1.54) is 18.2 Å². The number of ketones is 1. The van der Waals surface area contributed by atoms with E-state index in [1.54, 1.807) is 19.9 Å². The lowest BCUT2D eigenvalue weighted by Crippen LogP contribution is -2.47. The number of benzene rings is 1. The highest BCUT2D eigenvalue weighted by Gasteiger charge is 2.33. The second-order valence-corrected chi connectivity index (χ2v) is 6.39. The third-order valence-electron chi connectivity index (χ3n) is 2.86. The molecule has 0 saturated carbocycles. The maximum absolute atomic E-state index is 12.2. The quantitative estimate of drug-likeness (QED) is 0.746. The van der Waals surface area contributed by atoms with Crippen LogP contribution in [0.1, 0.15) is 28.3 Å². The summed E-state index contributed by atoms with van der Waals surface area (Å²) in [5.74, 6) is -1.31. The summed E-state index contributed by atoms with van der Waals surface area (Å²) in [6.07, 6.45) is 0. The lowest BCUT2D eigenvalue weighted by atomic mass is 10.1. The number of hydrogen-bond acceptors (Lipinski definition) is 5. The first-order valence-corrected chi connectivity index (χ1v) is 6.85. The standard InChI is InChI=1S/C14H19NO4S/c1-14(2,12(15)13(17)18)20-8-11(16)9-5-4-6-10(7-9)19-3/h4-7,12H,8,15H2,1-3H3,(H,17,18)/t12-/m0/s1/i3D3. The molecule has 0 fully saturated rings. The smallest absolute Gasteiger partial charge is 0.321 e. The highest BCUT2D eigenvalue weighted by molar-refractivity contribution is 8.01. The Bertz CT molecular complexity index is 590. The van der Waals surface area contributed by atoms with Crippen molar-refractivity contribution in [1.82, 2.24) is 0 Å². The highest BCUT2D eigenvalue weighted by Crippen LogP contribution is 2.28. The van der Waals surface area contributed by atoms with Crippen molar-refractivity contribution < 1.29 is 23.5 Å². The minimum Gasteiger partial charge on any atom is -0.497 e. The Labute approximate surface area is 126 Å². The van der Waals surface area contributed by atoms with Gasteiger partial charge in [0.25, 0.3) is 0 Å². The van der Waals surface area contributed by atoms with E-state index in [9.17, 15) is 9.59 Å². The third kappa shape index (κ3) is 4.25. The van der Waals surface area contributed by atoms with Crippen LogP contribution in [0.15, 0.2) is 24.3 Å². The first-order valence-electron chi connectivity index (χ1n) is 7.37. The molecule has 0 spiro atoms. The van der Waals surface area contributed by atoms with E-state index in [0.29, 0.717) is 5.56 Å². The van der Waals surface area contributed by atoms with Gasteiger partial charge in [-0.3, -0.25) is 9.59 Å². The number of methoxy groups -OCH3 is 1. The highest BCUT2D eigenvalue weighted by atomic mass is 32.2. The van der Waals surface area contributed by atoms with Crippen LogP contribution in [0.25, 0.3) is 0 Å². The molecular formula is C14H19NO4S. The van der Waals surface area contributed by atoms with Crippen molar-refractivity contribution in [3.05, 3.63) is 29.8 Å². The van der Waals surface area contributed by atoms with Crippen LogP contribution in [-0.4, -0.2) is 40.4 Å². The third-order valence-corrected chi connectivity index (χ3v) is 4.27. The van der Waals surface area contributed by atoms with E-state index in [-0.39, 0.29) is 17.3 Å². The largest absolute Gasteiger partial charge is 0.497 e. The molecule has 0 aliphatic heterocycles. The Hall–Kier alpha value is -1.53. The SMILES string of the molecule is [2H]C([2H])([2H])Oc1cccc(C(=O)CSC(C)(C)[C@@H](N)C(=O)O)c1. The summed E-state index contributed by atoms with van der Waals surface area (Å²) in [7, 11) is -2.59. The van der Waals surface area contributed by atoms with Crippen molar-refractivity contribution in [2.24, 2.45) is 5.73 Å². The van der Waals surface area contributed by atoms with Gasteiger partial charge in [0, 0.05) is 10.3 Å². The average Bonchev–Trinajstić information content (AvgIpc) is 2.42. The maximum atomic E-state index is 12.2. The molecule has 0 radical (unpaired) electrons. The van der Waals surface area contributed by atoms with E-state index in [0.717, 1.165) is 11.8 Å². The van der Waals surface area contributed by atoms with Crippen LogP contribution in [0.5, 0.6) is 5.75 Å². The van der Waals surface area contributed by atoms with Crippen molar-refractivity contribution >= 4 is 23.5 Å². The van der Waals surface area contributed by atoms with E-state index >= 15 is 0 Å². The van der Waals surface area contributed by atoms with Crippen LogP contribution < -0.4 is 10.5 Å². The van der Waals surface area contributed by atoms with Crippen LogP contribution in [0.4, 0.5) is 0 Å². The van der Waals surface area contributed by atoms with Gasteiger partial charge in [-0.15, -0.1) is 11.8 Å². The number of carbonyl (C=O) groups is 2. The van der Waals surface area contributed by atoms with Gasteiger partial charge in [-0.25, -0.2) is 0 Å². The number of carbonyl (C=O) groups excluding carboxylic acids is 1. The van der Waals surface area contributed by atoms with Crippen molar-refractivity contribution in [3.8, 4) is 5.75 Å². The zero-order chi connectivity index (χ0) is 17.8. The Morgan fingerprint density at radius 3 is 2.85 bits per heavy atom. The van der Waals surface area contributed by atoms with E-state index in [2.05, 4.69) is 0 Å². The Morgan fingerprint density at radius 1 is 1.55 bits per heavy atom. The van der Waals surface area contributed by atoms with Gasteiger partial charge in [-0.1, -0.05) is 12.1 Å². The van der Waals surface area contributed by atoms with Crippen molar-refractivity contribution in [3.63, 3.8) is 0 Å². The van der Waals surface area contributed by atoms with Crippen LogP contribution in [0.3, 0.4) is 0 Å². The van der Waals surface area contributed by atoms with Gasteiger partial charge in [-0.05, 0) is 26.0 Å². The zero-order valence-corrected chi connectivity index (χ0v) is 12.1. The number of carboxylic acid groups (broad SMARTS) is 1. The van der Waals surface area contributed by atoms with Crippen molar-refractivity contribution in [1.29, 1.82) is 0 Å². The van der Waals surface area contributed by atoms with E-state index in [4.69, 9.17) is 19.7 Å². The molecule has 3 N–H and O–H groups in total. The number of nitrogens with two attached hydrogens (primary N) is 1. The van der Waals surface area contributed by atoms with Gasteiger partial charge >= 0.3 is 5.97 Å². The fourth-order valence-electron chi connectivity index (χ4n) is 1.46. The molecular weight excluding hydrogens is 278 g/mol. The lowest BCUT2D eigenvalue weighted by Gasteiger charge is -2.27. The molecule has 1 rings (SSSR count). The fourth-order valence-corrected chi connectivity index (χ4v) is 2.41. The normalized spacial score (nSPS) is 15.7. The molecule has 0 aromatic heterocycles. The summed E-state index contributed by atoms with van der Waals surface area (Å²) in [5.41, 5.74) is 5.89. The predicted molar refractivity (Wildman–Crippen MR) is 79.5 cm³/mol. The maximum Gasteiger partial charge on any atom is 0.321 e. The minimum atomic E-state index is -2.59. The number of aliphatic carboxylic acids is 1. The van der Waals surface area contributed by atoms with Crippen molar-refractivity contribution in [2.45, 2.75) is 24.6 Å². The summed E-state index contributed by atoms with van der Waals surface area (Å²) in [5, 5.41) is 8.95. The molecule has 0 saturated heterocycles. The number of Topliss-reactive ketones (excluding diaryl/α,β-unsaturated/α-hetero) is 1. The van der Waals surface area contributed by atoms with E-state index < -0.39 is 23.8 Å². The molecule has 0 unspecified atom stereocenters. The number of ether oxygens (including phenoxy) is 1. The number of hydrogen-bond donors (Lipinski definition) is 2. The van der Waals surface area contributed by atoms with Crippen LogP contribution >= 0.6 is 11.8 Å². The predicted octanol–water partition coefficient (Wildman–Crippen LogP) is 1.80. The lowest BCUT2D eigenvalue weighted by molar-refractivity contribution is -0.139. The van der Waals surface area contributed by atoms with Crippen LogP contribution in [0, 0.1) is 0 Å². The molecule has 0 aliphatic rings. The first kappa shape index (κ1) is 12.2. The summed E-state index contributed by atoms with van der Waals surface area (Å²) < 4.78 is 25.1. The molecule has 0 amide bonds. The summed E-state index contributed by atoms with van der Waals surface area (Å²) in [6, 6.07) is 4.75. The minimum absolute atomic E-state index is 0.0190. The van der Waals surface area contributed by atoms with Gasteiger partial charge in [0.15, 0.2) is 5.78 Å². The Kier molecular flexibility index (Phi) is 4.14. The molecule has 0 aliphatic carbocycles. The molecule has 20 heavy (non-hydrogen) atoms. The molecule has 0 heterocycles. The van der Waals surface area contributed by atoms with E-state index in [1.807, 2.05) is 0 Å². The van der Waals surface area contributed by atoms with Gasteiger partial charge in [-0.2, -0.15) is 0 Å². The zero-order valence-electron chi connectivity index (χ0n) is 14.3. The molecule has 0 bridgehead atoms. The topological polar surface area (TPSA) is 89.6 Å². The summed E-state index contributed by atoms with van der Waals surface area (Å²) in [6.45, 7) is 3.30. The molecule has 6 heteroatoms.